The molecule has 0 fully saturated rings. The summed E-state index contributed by atoms with van der Waals surface area (Å²) in [6, 6.07) is 6.06. The Hall–Kier alpha value is -2.15. The van der Waals surface area contributed by atoms with E-state index in [2.05, 4.69) is 34.8 Å². The topological polar surface area (TPSA) is 85.8 Å². The molecule has 7 heteroatoms. The molecule has 0 saturated heterocycles. The summed E-state index contributed by atoms with van der Waals surface area (Å²) in [5, 5.41) is 18.4. The van der Waals surface area contributed by atoms with Crippen molar-refractivity contribution in [2.75, 3.05) is 32.8 Å². The smallest absolute Gasteiger partial charge is 0.224 e. The lowest BCUT2D eigenvalue weighted by atomic mass is 9.94. The van der Waals surface area contributed by atoms with E-state index in [1.807, 2.05) is 6.92 Å². The van der Waals surface area contributed by atoms with E-state index in [1.165, 1.54) is 12.1 Å². The van der Waals surface area contributed by atoms with Gasteiger partial charge in [0.05, 0.1) is 6.42 Å². The van der Waals surface area contributed by atoms with Gasteiger partial charge >= 0.3 is 0 Å². The number of guanidine groups is 1. The van der Waals surface area contributed by atoms with Crippen LogP contribution in [-0.4, -0.2) is 49.8 Å². The number of aliphatic hydroxyl groups excluding tert-OH is 1. The van der Waals surface area contributed by atoms with Crippen molar-refractivity contribution in [2.24, 2.45) is 16.8 Å². The molecule has 1 unspecified atom stereocenters. The third-order valence-corrected chi connectivity index (χ3v) is 4.19. The second kappa shape index (κ2) is 13.9. The molecule has 4 N–H and O–H groups in total. The zero-order valence-corrected chi connectivity index (χ0v) is 17.3. The van der Waals surface area contributed by atoms with Crippen LogP contribution in [0.4, 0.5) is 4.39 Å². The molecule has 0 aliphatic carbocycles. The molecule has 1 amide bonds. The first kappa shape index (κ1) is 23.9. The molecule has 158 valence electrons. The van der Waals surface area contributed by atoms with Gasteiger partial charge in [0.15, 0.2) is 5.96 Å². The Morgan fingerprint density at radius 3 is 2.61 bits per heavy atom. The number of carbonyl (C=O) groups excluding carboxylic acids is 1. The molecule has 0 spiro atoms. The van der Waals surface area contributed by atoms with Crippen LogP contribution < -0.4 is 16.0 Å². The van der Waals surface area contributed by atoms with Crippen molar-refractivity contribution >= 4 is 11.9 Å². The summed E-state index contributed by atoms with van der Waals surface area (Å²) in [5.41, 5.74) is 0.653. The number of benzene rings is 1. The lowest BCUT2D eigenvalue weighted by Crippen LogP contribution is -2.42. The van der Waals surface area contributed by atoms with Gasteiger partial charge in [-0.05, 0) is 49.3 Å². The molecular formula is C21H35FN4O2. The van der Waals surface area contributed by atoms with Crippen molar-refractivity contribution in [1.29, 1.82) is 0 Å². The Kier molecular flexibility index (Phi) is 11.9. The van der Waals surface area contributed by atoms with E-state index in [4.69, 9.17) is 0 Å². The molecule has 0 aliphatic rings. The van der Waals surface area contributed by atoms with Crippen LogP contribution in [0, 0.1) is 17.7 Å². The molecule has 0 aromatic heterocycles. The average Bonchev–Trinajstić information content (AvgIpc) is 2.62. The fourth-order valence-electron chi connectivity index (χ4n) is 2.97. The zero-order valence-electron chi connectivity index (χ0n) is 17.3. The van der Waals surface area contributed by atoms with Gasteiger partial charge in [-0.3, -0.25) is 9.79 Å². The standard InChI is InChI=1S/C21H35FN4O2/c1-4-23-21(26-15-18(8-11-27)12-16(2)3)25-10-9-24-20(28)14-17-6-5-7-19(22)13-17/h5-7,13,16,18,27H,4,8-12,14-15H2,1-3H3,(H,24,28)(H2,23,25,26). The summed E-state index contributed by atoms with van der Waals surface area (Å²) < 4.78 is 13.2. The highest BCUT2D eigenvalue weighted by Crippen LogP contribution is 2.15. The Labute approximate surface area is 168 Å². The summed E-state index contributed by atoms with van der Waals surface area (Å²) in [5.74, 6) is 1.14. The minimum Gasteiger partial charge on any atom is -0.396 e. The normalized spacial score (nSPS) is 12.7. The van der Waals surface area contributed by atoms with E-state index in [0.717, 1.165) is 19.4 Å². The van der Waals surface area contributed by atoms with Gasteiger partial charge in [-0.1, -0.05) is 26.0 Å². The molecule has 6 nitrogen and oxygen atoms in total. The Bertz CT molecular complexity index is 608. The number of nitrogens with zero attached hydrogens (tertiary/aromatic N) is 1. The van der Waals surface area contributed by atoms with Crippen molar-refractivity contribution in [2.45, 2.75) is 40.0 Å². The van der Waals surface area contributed by atoms with Crippen molar-refractivity contribution < 1.29 is 14.3 Å². The van der Waals surface area contributed by atoms with E-state index in [0.29, 0.717) is 43.0 Å². The second-order valence-electron chi connectivity index (χ2n) is 7.31. The number of amides is 1. The number of carbonyl (C=O) groups is 1. The first-order valence-electron chi connectivity index (χ1n) is 10.1. The highest BCUT2D eigenvalue weighted by atomic mass is 19.1. The SMILES string of the molecule is CCNC(=NCC(CCO)CC(C)C)NCCNC(=O)Cc1cccc(F)c1. The van der Waals surface area contributed by atoms with Gasteiger partial charge in [0.1, 0.15) is 5.82 Å². The summed E-state index contributed by atoms with van der Waals surface area (Å²) in [6.07, 6.45) is 1.93. The maximum Gasteiger partial charge on any atom is 0.224 e. The summed E-state index contributed by atoms with van der Waals surface area (Å²) in [6.45, 7) is 8.90. The minimum absolute atomic E-state index is 0.144. The predicted octanol–water partition coefficient (Wildman–Crippen LogP) is 2.08. The molecule has 0 saturated carbocycles. The number of aliphatic imine (C=N–C) groups is 1. The number of hydrogen-bond donors (Lipinski definition) is 4. The lowest BCUT2D eigenvalue weighted by Gasteiger charge is -2.17. The van der Waals surface area contributed by atoms with Crippen molar-refractivity contribution in [3.63, 3.8) is 0 Å². The first-order chi connectivity index (χ1) is 13.4. The monoisotopic (exact) mass is 394 g/mol. The van der Waals surface area contributed by atoms with Crippen LogP contribution in [0.1, 0.15) is 39.2 Å². The lowest BCUT2D eigenvalue weighted by molar-refractivity contribution is -0.120. The van der Waals surface area contributed by atoms with Gasteiger partial charge in [-0.25, -0.2) is 4.39 Å². The molecule has 1 atom stereocenters. The Morgan fingerprint density at radius 1 is 1.21 bits per heavy atom. The van der Waals surface area contributed by atoms with Crippen molar-refractivity contribution in [3.8, 4) is 0 Å². The molecule has 1 aromatic rings. The van der Waals surface area contributed by atoms with Gasteiger partial charge in [0, 0.05) is 32.8 Å². The number of rotatable bonds is 12. The van der Waals surface area contributed by atoms with Crippen LogP contribution in [0.3, 0.4) is 0 Å². The van der Waals surface area contributed by atoms with E-state index in [-0.39, 0.29) is 24.8 Å². The van der Waals surface area contributed by atoms with E-state index in [9.17, 15) is 14.3 Å². The Morgan fingerprint density at radius 2 is 1.96 bits per heavy atom. The van der Waals surface area contributed by atoms with Crippen LogP contribution in [0.15, 0.2) is 29.3 Å². The fraction of sp³-hybridized carbons (Fsp3) is 0.619. The van der Waals surface area contributed by atoms with Gasteiger partial charge in [-0.15, -0.1) is 0 Å². The van der Waals surface area contributed by atoms with Crippen LogP contribution in [0.2, 0.25) is 0 Å². The third kappa shape index (κ3) is 10.9. The molecule has 0 heterocycles. The number of hydrogen-bond acceptors (Lipinski definition) is 3. The third-order valence-electron chi connectivity index (χ3n) is 4.19. The molecule has 28 heavy (non-hydrogen) atoms. The summed E-state index contributed by atoms with van der Waals surface area (Å²) in [7, 11) is 0. The van der Waals surface area contributed by atoms with Crippen LogP contribution >= 0.6 is 0 Å². The number of nitrogens with one attached hydrogen (secondary N) is 3. The van der Waals surface area contributed by atoms with Gasteiger partial charge in [-0.2, -0.15) is 0 Å². The molecule has 1 rings (SSSR count). The van der Waals surface area contributed by atoms with Gasteiger partial charge in [0.25, 0.3) is 0 Å². The zero-order chi connectivity index (χ0) is 20.8. The van der Waals surface area contributed by atoms with E-state index in [1.54, 1.807) is 12.1 Å². The van der Waals surface area contributed by atoms with Gasteiger partial charge < -0.3 is 21.1 Å². The summed E-state index contributed by atoms with van der Waals surface area (Å²) in [4.78, 5) is 16.6. The van der Waals surface area contributed by atoms with Crippen LogP contribution in [-0.2, 0) is 11.2 Å². The van der Waals surface area contributed by atoms with E-state index < -0.39 is 0 Å². The fourth-order valence-corrected chi connectivity index (χ4v) is 2.97. The molecule has 0 bridgehead atoms. The van der Waals surface area contributed by atoms with Crippen LogP contribution in [0.5, 0.6) is 0 Å². The van der Waals surface area contributed by atoms with E-state index >= 15 is 0 Å². The highest BCUT2D eigenvalue weighted by molar-refractivity contribution is 5.80. The molecular weight excluding hydrogens is 359 g/mol. The predicted molar refractivity (Wildman–Crippen MR) is 112 cm³/mol. The largest absolute Gasteiger partial charge is 0.396 e. The molecule has 0 aliphatic heterocycles. The Balaban J connectivity index is 2.39. The molecule has 0 radical (unpaired) electrons. The minimum atomic E-state index is -0.338. The first-order valence-corrected chi connectivity index (χ1v) is 10.1. The summed E-state index contributed by atoms with van der Waals surface area (Å²) >= 11 is 0. The maximum absolute atomic E-state index is 13.2. The van der Waals surface area contributed by atoms with Crippen molar-refractivity contribution in [3.05, 3.63) is 35.6 Å². The maximum atomic E-state index is 13.2. The quantitative estimate of drug-likeness (QED) is 0.248. The second-order valence-corrected chi connectivity index (χ2v) is 7.31. The average molecular weight is 395 g/mol. The van der Waals surface area contributed by atoms with Gasteiger partial charge in [0.2, 0.25) is 5.91 Å². The molecule has 1 aromatic carbocycles. The number of halogens is 1. The highest BCUT2D eigenvalue weighted by Gasteiger charge is 2.11. The van der Waals surface area contributed by atoms with Crippen molar-refractivity contribution in [1.82, 2.24) is 16.0 Å². The van der Waals surface area contributed by atoms with Crippen LogP contribution in [0.25, 0.3) is 0 Å². The number of aliphatic hydroxyl groups is 1.